The van der Waals surface area contributed by atoms with Crippen LogP contribution in [0.3, 0.4) is 0 Å². The van der Waals surface area contributed by atoms with Crippen LogP contribution in [0.4, 0.5) is 0 Å². The first-order valence-corrected chi connectivity index (χ1v) is 9.12. The van der Waals surface area contributed by atoms with Crippen molar-refractivity contribution in [1.29, 1.82) is 0 Å². The number of carbonyl (C=O) groups excluding carboxylic acids is 2. The molecule has 0 aliphatic carbocycles. The molecule has 0 amide bonds. The van der Waals surface area contributed by atoms with E-state index >= 15 is 0 Å². The average molecular weight is 364 g/mol. The first kappa shape index (κ1) is 22.3. The van der Waals surface area contributed by atoms with Crippen molar-refractivity contribution < 1.29 is 19.4 Å². The van der Waals surface area contributed by atoms with Crippen LogP contribution in [0.2, 0.25) is 0 Å². The van der Waals surface area contributed by atoms with E-state index < -0.39 is 24.0 Å². The van der Waals surface area contributed by atoms with Gasteiger partial charge >= 0.3 is 5.97 Å². The van der Waals surface area contributed by atoms with E-state index in [0.717, 1.165) is 5.56 Å². The lowest BCUT2D eigenvalue weighted by molar-refractivity contribution is -0.156. The molecule has 0 aliphatic rings. The van der Waals surface area contributed by atoms with Gasteiger partial charge in [0.25, 0.3) is 0 Å². The molecule has 1 rings (SSSR count). The summed E-state index contributed by atoms with van der Waals surface area (Å²) in [5.74, 6) is -2.02. The minimum atomic E-state index is -0.981. The fourth-order valence-corrected chi connectivity index (χ4v) is 2.99. The standard InChI is InChI=1S/C20H32N2O4/c1-13(2)9-17(22)19(24)18(14(3)10-16(21)11-23)20(25)26-12-15-7-5-4-6-8-15/h4-8,13-14,16-18,23H,9-12,21-22H2,1-3H3/t14?,16-,17-,18?/m0/s1. The molecule has 4 atom stereocenters. The molecule has 0 radical (unpaired) electrons. The van der Waals surface area contributed by atoms with Crippen LogP contribution in [0.5, 0.6) is 0 Å². The highest BCUT2D eigenvalue weighted by Gasteiger charge is 2.37. The molecule has 146 valence electrons. The highest BCUT2D eigenvalue weighted by molar-refractivity contribution is 6.01. The Bertz CT molecular complexity index is 562. The van der Waals surface area contributed by atoms with E-state index in [1.54, 1.807) is 6.92 Å². The molecule has 6 nitrogen and oxygen atoms in total. The molecule has 1 aromatic rings. The van der Waals surface area contributed by atoms with Crippen molar-refractivity contribution in [2.75, 3.05) is 6.61 Å². The monoisotopic (exact) mass is 364 g/mol. The normalized spacial score (nSPS) is 16.0. The van der Waals surface area contributed by atoms with E-state index in [1.165, 1.54) is 0 Å². The maximum atomic E-state index is 12.8. The Kier molecular flexibility index (Phi) is 9.48. The van der Waals surface area contributed by atoms with E-state index in [2.05, 4.69) is 0 Å². The fraction of sp³-hybridized carbons (Fsp3) is 0.600. The van der Waals surface area contributed by atoms with E-state index in [1.807, 2.05) is 44.2 Å². The van der Waals surface area contributed by atoms with Gasteiger partial charge in [0.15, 0.2) is 5.78 Å². The lowest BCUT2D eigenvalue weighted by Gasteiger charge is -2.26. The topological polar surface area (TPSA) is 116 Å². The number of rotatable bonds is 11. The summed E-state index contributed by atoms with van der Waals surface area (Å²) in [5, 5.41) is 9.17. The highest BCUT2D eigenvalue weighted by Crippen LogP contribution is 2.23. The van der Waals surface area contributed by atoms with Crippen LogP contribution < -0.4 is 11.5 Å². The molecule has 0 fully saturated rings. The summed E-state index contributed by atoms with van der Waals surface area (Å²) in [4.78, 5) is 25.5. The number of hydrogen-bond acceptors (Lipinski definition) is 6. The summed E-state index contributed by atoms with van der Waals surface area (Å²) >= 11 is 0. The summed E-state index contributed by atoms with van der Waals surface area (Å²) < 4.78 is 5.38. The molecule has 0 aromatic heterocycles. The van der Waals surface area contributed by atoms with Gasteiger partial charge < -0.3 is 21.3 Å². The molecule has 1 aromatic carbocycles. The van der Waals surface area contributed by atoms with Crippen molar-refractivity contribution in [2.24, 2.45) is 29.2 Å². The number of ketones is 1. The Labute approximate surface area is 155 Å². The van der Waals surface area contributed by atoms with Crippen LogP contribution in [-0.4, -0.2) is 35.5 Å². The Morgan fingerprint density at radius 2 is 1.69 bits per heavy atom. The molecule has 0 heterocycles. The Morgan fingerprint density at radius 3 is 2.23 bits per heavy atom. The average Bonchev–Trinajstić information content (AvgIpc) is 2.60. The van der Waals surface area contributed by atoms with Crippen molar-refractivity contribution >= 4 is 11.8 Å². The molecular formula is C20H32N2O4. The van der Waals surface area contributed by atoms with Crippen LogP contribution in [0.25, 0.3) is 0 Å². The molecule has 0 saturated heterocycles. The fourth-order valence-electron chi connectivity index (χ4n) is 2.99. The number of aliphatic hydroxyl groups is 1. The van der Waals surface area contributed by atoms with E-state index in [4.69, 9.17) is 16.2 Å². The first-order chi connectivity index (χ1) is 12.3. The maximum Gasteiger partial charge on any atom is 0.317 e. The molecule has 5 N–H and O–H groups in total. The van der Waals surface area contributed by atoms with Crippen LogP contribution in [0.15, 0.2) is 30.3 Å². The van der Waals surface area contributed by atoms with Gasteiger partial charge in [-0.1, -0.05) is 51.1 Å². The Balaban J connectivity index is 2.87. The summed E-state index contributed by atoms with van der Waals surface area (Å²) in [6.45, 7) is 5.61. The summed E-state index contributed by atoms with van der Waals surface area (Å²) in [7, 11) is 0. The summed E-state index contributed by atoms with van der Waals surface area (Å²) in [6, 6.07) is 8.06. The smallest absolute Gasteiger partial charge is 0.317 e. The zero-order valence-electron chi connectivity index (χ0n) is 15.9. The first-order valence-electron chi connectivity index (χ1n) is 9.12. The van der Waals surface area contributed by atoms with Crippen molar-refractivity contribution in [1.82, 2.24) is 0 Å². The van der Waals surface area contributed by atoms with Crippen molar-refractivity contribution in [3.8, 4) is 0 Å². The zero-order valence-corrected chi connectivity index (χ0v) is 15.9. The second-order valence-electron chi connectivity index (χ2n) is 7.37. The third-order valence-electron chi connectivity index (χ3n) is 4.35. The number of nitrogens with two attached hydrogens (primary N) is 2. The largest absolute Gasteiger partial charge is 0.460 e. The molecule has 6 heteroatoms. The van der Waals surface area contributed by atoms with Gasteiger partial charge in [-0.05, 0) is 30.2 Å². The van der Waals surface area contributed by atoms with Gasteiger partial charge in [0.2, 0.25) is 0 Å². The predicted molar refractivity (Wildman–Crippen MR) is 101 cm³/mol. The summed E-state index contributed by atoms with van der Waals surface area (Å²) in [5.41, 5.74) is 12.7. The van der Waals surface area contributed by atoms with Crippen LogP contribution in [-0.2, 0) is 20.9 Å². The Morgan fingerprint density at radius 1 is 1.08 bits per heavy atom. The molecule has 26 heavy (non-hydrogen) atoms. The SMILES string of the molecule is CC(C)C[C@H](N)C(=O)C(C(=O)OCc1ccccc1)C(C)C[C@H](N)CO. The van der Waals surface area contributed by atoms with E-state index in [-0.39, 0.29) is 30.8 Å². The van der Waals surface area contributed by atoms with Crippen molar-refractivity contribution in [3.05, 3.63) is 35.9 Å². The minimum absolute atomic E-state index is 0.0989. The Hall–Kier alpha value is -1.76. The third kappa shape index (κ3) is 7.23. The predicted octanol–water partition coefficient (Wildman–Crippen LogP) is 1.63. The summed E-state index contributed by atoms with van der Waals surface area (Å²) in [6.07, 6.45) is 0.835. The highest BCUT2D eigenvalue weighted by atomic mass is 16.5. The van der Waals surface area contributed by atoms with Gasteiger partial charge in [0.1, 0.15) is 12.5 Å². The number of aliphatic hydroxyl groups excluding tert-OH is 1. The van der Waals surface area contributed by atoms with Crippen molar-refractivity contribution in [2.45, 2.75) is 52.3 Å². The quantitative estimate of drug-likeness (QED) is 0.406. The third-order valence-corrected chi connectivity index (χ3v) is 4.35. The second-order valence-corrected chi connectivity index (χ2v) is 7.37. The molecule has 0 saturated carbocycles. The number of Topliss-reactive ketones (excluding diaryl/α,β-unsaturated/α-hetero) is 1. The lowest BCUT2D eigenvalue weighted by atomic mass is 9.81. The van der Waals surface area contributed by atoms with E-state index in [0.29, 0.717) is 12.8 Å². The number of carbonyl (C=O) groups is 2. The van der Waals surface area contributed by atoms with Gasteiger partial charge in [0.05, 0.1) is 12.6 Å². The number of esters is 1. The van der Waals surface area contributed by atoms with Crippen LogP contribution in [0.1, 0.15) is 39.2 Å². The number of benzene rings is 1. The van der Waals surface area contributed by atoms with Gasteiger partial charge in [-0.3, -0.25) is 9.59 Å². The van der Waals surface area contributed by atoms with Crippen LogP contribution in [0, 0.1) is 17.8 Å². The molecular weight excluding hydrogens is 332 g/mol. The van der Waals surface area contributed by atoms with Gasteiger partial charge in [-0.2, -0.15) is 0 Å². The van der Waals surface area contributed by atoms with Crippen molar-refractivity contribution in [3.63, 3.8) is 0 Å². The molecule has 2 unspecified atom stereocenters. The second kappa shape index (κ2) is 11.1. The van der Waals surface area contributed by atoms with Gasteiger partial charge in [-0.25, -0.2) is 0 Å². The molecule has 0 bridgehead atoms. The lowest BCUT2D eigenvalue weighted by Crippen LogP contribution is -2.44. The molecule has 0 spiro atoms. The molecule has 0 aliphatic heterocycles. The minimum Gasteiger partial charge on any atom is -0.460 e. The zero-order chi connectivity index (χ0) is 19.7. The van der Waals surface area contributed by atoms with Crippen LogP contribution >= 0.6 is 0 Å². The maximum absolute atomic E-state index is 12.8. The van der Waals surface area contributed by atoms with Gasteiger partial charge in [-0.15, -0.1) is 0 Å². The van der Waals surface area contributed by atoms with E-state index in [9.17, 15) is 14.7 Å². The number of ether oxygens (including phenoxy) is 1. The van der Waals surface area contributed by atoms with Gasteiger partial charge in [0, 0.05) is 6.04 Å². The number of hydrogen-bond donors (Lipinski definition) is 3.